The minimum atomic E-state index is -0.208. The molecule has 7 nitrogen and oxygen atoms in total. The molecule has 3 rings (SSSR count). The van der Waals surface area contributed by atoms with Gasteiger partial charge >= 0.3 is 0 Å². The predicted octanol–water partition coefficient (Wildman–Crippen LogP) is -0.198. The second-order valence-electron chi connectivity index (χ2n) is 3.60. The zero-order valence-electron chi connectivity index (χ0n) is 9.95. The van der Waals surface area contributed by atoms with Crippen molar-refractivity contribution < 1.29 is 0 Å². The Morgan fingerprint density at radius 2 is 2.22 bits per heavy atom. The van der Waals surface area contributed by atoms with Gasteiger partial charge < -0.3 is 0 Å². The van der Waals surface area contributed by atoms with E-state index < -0.39 is 0 Å². The third-order valence-electron chi connectivity index (χ3n) is 2.51. The van der Waals surface area contributed by atoms with Crippen molar-refractivity contribution in [2.45, 2.75) is 6.92 Å². The van der Waals surface area contributed by atoms with E-state index in [-0.39, 0.29) is 40.9 Å². The Morgan fingerprint density at radius 3 is 2.94 bits per heavy atom. The van der Waals surface area contributed by atoms with Gasteiger partial charge in [0.25, 0.3) is 5.56 Å². The number of hydrogen-bond donors (Lipinski definition) is 1. The molecule has 0 fully saturated rings. The van der Waals surface area contributed by atoms with Crippen LogP contribution in [0.1, 0.15) is 5.56 Å². The molecule has 0 amide bonds. The van der Waals surface area contributed by atoms with Crippen LogP contribution in [0.5, 0.6) is 0 Å². The molecule has 0 aliphatic heterocycles. The maximum Gasteiger partial charge on any atom is 0.269 e. The Bertz CT molecular complexity index is 736. The number of nitrogens with zero attached hydrogens (tertiary/aromatic N) is 5. The standard InChI is InChI=1S/C10H8N6O.Na/c1-6-3-2-4-16-9(6)11-5-7(10(16)17)8-12-14-15-13-8;/h2-5H,1H3,(H,12,13,14,15);. The molecule has 0 saturated carbocycles. The van der Waals surface area contributed by atoms with Crippen molar-refractivity contribution in [3.05, 3.63) is 40.4 Å². The number of rotatable bonds is 1. The van der Waals surface area contributed by atoms with Gasteiger partial charge in [0, 0.05) is 42.0 Å². The fourth-order valence-corrected chi connectivity index (χ4v) is 1.68. The Morgan fingerprint density at radius 1 is 1.39 bits per heavy atom. The van der Waals surface area contributed by atoms with Gasteiger partial charge in [-0.05, 0) is 23.8 Å². The number of tetrazole rings is 1. The van der Waals surface area contributed by atoms with Gasteiger partial charge in [-0.2, -0.15) is 5.21 Å². The average Bonchev–Trinajstić information content (AvgIpc) is 2.84. The Balaban J connectivity index is 0.00000120. The first-order valence-corrected chi connectivity index (χ1v) is 4.98. The zero-order chi connectivity index (χ0) is 11.8. The molecule has 3 aromatic rings. The molecule has 0 aliphatic rings. The van der Waals surface area contributed by atoms with E-state index in [1.165, 1.54) is 10.6 Å². The number of aromatic nitrogens is 6. The molecule has 85 valence electrons. The molecule has 1 N–H and O–H groups in total. The van der Waals surface area contributed by atoms with Gasteiger partial charge in [0.2, 0.25) is 5.82 Å². The number of H-pyrrole nitrogens is 1. The van der Waals surface area contributed by atoms with Crippen molar-refractivity contribution in [1.29, 1.82) is 0 Å². The van der Waals surface area contributed by atoms with Crippen LogP contribution in [0.4, 0.5) is 0 Å². The van der Waals surface area contributed by atoms with Crippen LogP contribution in [0.25, 0.3) is 17.0 Å². The summed E-state index contributed by atoms with van der Waals surface area (Å²) in [4.78, 5) is 16.4. The molecule has 0 unspecified atom stereocenters. The van der Waals surface area contributed by atoms with Crippen LogP contribution >= 0.6 is 0 Å². The summed E-state index contributed by atoms with van der Waals surface area (Å²) in [6.07, 6.45) is 3.14. The zero-order valence-corrected chi connectivity index (χ0v) is 12.0. The van der Waals surface area contributed by atoms with E-state index >= 15 is 0 Å². The fourth-order valence-electron chi connectivity index (χ4n) is 1.68. The smallest absolute Gasteiger partial charge is 0.268 e. The number of aromatic amines is 1. The van der Waals surface area contributed by atoms with Crippen LogP contribution in [0.3, 0.4) is 0 Å². The maximum absolute atomic E-state index is 12.2. The first-order chi connectivity index (χ1) is 8.27. The summed E-state index contributed by atoms with van der Waals surface area (Å²) < 4.78 is 1.47. The third kappa shape index (κ3) is 1.96. The summed E-state index contributed by atoms with van der Waals surface area (Å²) >= 11 is 0. The Labute approximate surface area is 124 Å². The number of aryl methyl sites for hydroxylation is 1. The van der Waals surface area contributed by atoms with Crippen molar-refractivity contribution in [2.75, 3.05) is 0 Å². The van der Waals surface area contributed by atoms with Gasteiger partial charge in [0.05, 0.1) is 0 Å². The maximum atomic E-state index is 12.2. The van der Waals surface area contributed by atoms with Crippen molar-refractivity contribution >= 4 is 35.2 Å². The van der Waals surface area contributed by atoms with Crippen molar-refractivity contribution in [3.8, 4) is 11.4 Å². The molecule has 0 atom stereocenters. The molecule has 1 radical (unpaired) electrons. The summed E-state index contributed by atoms with van der Waals surface area (Å²) in [5.41, 5.74) is 1.68. The summed E-state index contributed by atoms with van der Waals surface area (Å²) in [7, 11) is 0. The summed E-state index contributed by atoms with van der Waals surface area (Å²) in [6.45, 7) is 1.90. The van der Waals surface area contributed by atoms with Crippen LogP contribution in [-0.2, 0) is 0 Å². The summed E-state index contributed by atoms with van der Waals surface area (Å²) in [6, 6.07) is 3.70. The molecule has 0 aromatic carbocycles. The molecule has 18 heavy (non-hydrogen) atoms. The van der Waals surface area contributed by atoms with E-state index in [4.69, 9.17) is 0 Å². The van der Waals surface area contributed by atoms with Gasteiger partial charge in [0.1, 0.15) is 11.2 Å². The number of hydrogen-bond acceptors (Lipinski definition) is 5. The molecular formula is C10H8N6NaO. The first kappa shape index (κ1) is 12.9. The molecule has 8 heteroatoms. The van der Waals surface area contributed by atoms with Crippen LogP contribution in [0.15, 0.2) is 29.3 Å². The van der Waals surface area contributed by atoms with Gasteiger partial charge in [0.15, 0.2) is 0 Å². The van der Waals surface area contributed by atoms with E-state index in [1.54, 1.807) is 12.3 Å². The quantitative estimate of drug-likeness (QED) is 0.605. The fraction of sp³-hybridized carbons (Fsp3) is 0.100. The Kier molecular flexibility index (Phi) is 3.55. The predicted molar refractivity (Wildman–Crippen MR) is 65.1 cm³/mol. The van der Waals surface area contributed by atoms with E-state index in [0.29, 0.717) is 11.2 Å². The number of nitrogens with one attached hydrogen (secondary N) is 1. The minimum Gasteiger partial charge on any atom is -0.268 e. The van der Waals surface area contributed by atoms with Crippen molar-refractivity contribution in [2.24, 2.45) is 0 Å². The van der Waals surface area contributed by atoms with Gasteiger partial charge in [-0.1, -0.05) is 6.07 Å². The van der Waals surface area contributed by atoms with Gasteiger partial charge in [-0.3, -0.25) is 9.20 Å². The third-order valence-corrected chi connectivity index (χ3v) is 2.51. The van der Waals surface area contributed by atoms with E-state index in [9.17, 15) is 4.79 Å². The number of pyridine rings is 1. The molecule has 0 saturated heterocycles. The monoisotopic (exact) mass is 251 g/mol. The molecular weight excluding hydrogens is 243 g/mol. The SMILES string of the molecule is Cc1cccn2c(=O)c(-c3nn[nH]n3)cnc12.[Na]. The van der Waals surface area contributed by atoms with Crippen LogP contribution in [-0.4, -0.2) is 59.6 Å². The first-order valence-electron chi connectivity index (χ1n) is 4.98. The van der Waals surface area contributed by atoms with Gasteiger partial charge in [-0.25, -0.2) is 4.98 Å². The minimum absolute atomic E-state index is 0. The second-order valence-corrected chi connectivity index (χ2v) is 3.60. The van der Waals surface area contributed by atoms with Gasteiger partial charge in [-0.15, -0.1) is 10.2 Å². The summed E-state index contributed by atoms with van der Waals surface area (Å²) in [5, 5.41) is 13.3. The average molecular weight is 251 g/mol. The Hall–Kier alpha value is -1.57. The van der Waals surface area contributed by atoms with Crippen LogP contribution in [0.2, 0.25) is 0 Å². The largest absolute Gasteiger partial charge is 0.269 e. The van der Waals surface area contributed by atoms with E-state index in [1.807, 2.05) is 13.0 Å². The second kappa shape index (κ2) is 4.97. The molecule has 3 heterocycles. The topological polar surface area (TPSA) is 88.8 Å². The van der Waals surface area contributed by atoms with Crippen LogP contribution in [0, 0.1) is 6.92 Å². The van der Waals surface area contributed by atoms with Crippen molar-refractivity contribution in [1.82, 2.24) is 30.0 Å². The molecule has 0 aliphatic carbocycles. The van der Waals surface area contributed by atoms with Crippen molar-refractivity contribution in [3.63, 3.8) is 0 Å². The molecule has 3 aromatic heterocycles. The molecule has 0 bridgehead atoms. The molecule has 0 spiro atoms. The van der Waals surface area contributed by atoms with E-state index in [2.05, 4.69) is 25.6 Å². The number of fused-ring (bicyclic) bond motifs is 1. The normalized spacial score (nSPS) is 10.3. The van der Waals surface area contributed by atoms with Crippen LogP contribution < -0.4 is 5.56 Å². The summed E-state index contributed by atoms with van der Waals surface area (Å²) in [5.74, 6) is 0.249. The van der Waals surface area contributed by atoms with E-state index in [0.717, 1.165) is 5.56 Å².